The molecule has 104 valence electrons. The van der Waals surface area contributed by atoms with Gasteiger partial charge in [-0.15, -0.1) is 0 Å². The molecule has 1 aromatic carbocycles. The second-order valence-electron chi connectivity index (χ2n) is 4.11. The zero-order valence-corrected chi connectivity index (χ0v) is 11.4. The van der Waals surface area contributed by atoms with Crippen molar-refractivity contribution in [3.63, 3.8) is 0 Å². The average Bonchev–Trinajstić information content (AvgIpc) is 2.39. The smallest absolute Gasteiger partial charge is 0.267 e. The van der Waals surface area contributed by atoms with Crippen molar-refractivity contribution in [1.29, 1.82) is 0 Å². The first-order valence-corrected chi connectivity index (χ1v) is 7.19. The predicted octanol–water partition coefficient (Wildman–Crippen LogP) is 1.38. The number of rotatable bonds is 4. The van der Waals surface area contributed by atoms with Gasteiger partial charge in [0.1, 0.15) is 0 Å². The van der Waals surface area contributed by atoms with Gasteiger partial charge in [-0.3, -0.25) is 14.3 Å². The summed E-state index contributed by atoms with van der Waals surface area (Å²) in [5, 5.41) is 0. The Morgan fingerprint density at radius 2 is 1.80 bits per heavy atom. The van der Waals surface area contributed by atoms with E-state index >= 15 is 0 Å². The Hall–Kier alpha value is -2.41. The Kier molecular flexibility index (Phi) is 3.71. The lowest BCUT2D eigenvalue weighted by molar-refractivity contribution is 0.101. The molecule has 0 fully saturated rings. The summed E-state index contributed by atoms with van der Waals surface area (Å²) in [7, 11) is -3.96. The van der Waals surface area contributed by atoms with E-state index in [0.717, 1.165) is 12.3 Å². The lowest BCUT2D eigenvalue weighted by atomic mass is 10.1. The highest BCUT2D eigenvalue weighted by Crippen LogP contribution is 2.14. The van der Waals surface area contributed by atoms with Gasteiger partial charge < -0.3 is 4.98 Å². The van der Waals surface area contributed by atoms with E-state index in [4.69, 9.17) is 0 Å². The van der Waals surface area contributed by atoms with E-state index in [1.54, 1.807) is 0 Å². The van der Waals surface area contributed by atoms with Crippen LogP contribution >= 0.6 is 0 Å². The molecule has 6 nitrogen and oxygen atoms in total. The quantitative estimate of drug-likeness (QED) is 0.832. The van der Waals surface area contributed by atoms with Gasteiger partial charge in [-0.2, -0.15) is 0 Å². The normalized spacial score (nSPS) is 11.1. The van der Waals surface area contributed by atoms with Gasteiger partial charge in [-0.1, -0.05) is 0 Å². The number of hydrogen-bond donors (Lipinski definition) is 2. The van der Waals surface area contributed by atoms with E-state index < -0.39 is 15.5 Å². The minimum Gasteiger partial charge on any atom is -0.366 e. The van der Waals surface area contributed by atoms with E-state index in [1.807, 2.05) is 0 Å². The van der Waals surface area contributed by atoms with Gasteiger partial charge in [-0.25, -0.2) is 8.42 Å². The molecular weight excluding hydrogens is 280 g/mol. The Morgan fingerprint density at radius 1 is 1.15 bits per heavy atom. The summed E-state index contributed by atoms with van der Waals surface area (Å²) in [6, 6.07) is 7.08. The van der Waals surface area contributed by atoms with Crippen molar-refractivity contribution in [3.05, 3.63) is 58.5 Å². The molecule has 0 atom stereocenters. The molecule has 2 N–H and O–H groups in total. The van der Waals surface area contributed by atoms with Crippen LogP contribution in [0.15, 0.2) is 52.4 Å². The maximum Gasteiger partial charge on any atom is 0.267 e. The third-order valence-electron chi connectivity index (χ3n) is 2.62. The summed E-state index contributed by atoms with van der Waals surface area (Å²) in [6.45, 7) is 1.42. The summed E-state index contributed by atoms with van der Waals surface area (Å²) in [5.41, 5.74) is 0.153. The van der Waals surface area contributed by atoms with Crippen LogP contribution in [0.2, 0.25) is 0 Å². The number of ketones is 1. The van der Waals surface area contributed by atoms with Crippen LogP contribution in [0.4, 0.5) is 5.69 Å². The van der Waals surface area contributed by atoms with E-state index in [1.165, 1.54) is 37.4 Å². The van der Waals surface area contributed by atoms with Crippen LogP contribution in [0.5, 0.6) is 0 Å². The highest BCUT2D eigenvalue weighted by molar-refractivity contribution is 7.92. The third-order valence-corrected chi connectivity index (χ3v) is 4.02. The monoisotopic (exact) mass is 292 g/mol. The maximum absolute atomic E-state index is 12.0. The number of carbonyl (C=O) groups excluding carboxylic acids is 1. The highest BCUT2D eigenvalue weighted by Gasteiger charge is 2.17. The van der Waals surface area contributed by atoms with Crippen molar-refractivity contribution in [3.8, 4) is 0 Å². The van der Waals surface area contributed by atoms with Crippen LogP contribution in [-0.4, -0.2) is 19.2 Å². The summed E-state index contributed by atoms with van der Waals surface area (Å²) in [6.07, 6.45) is 2.47. The Bertz CT molecular complexity index is 792. The Balaban J connectivity index is 2.32. The van der Waals surface area contributed by atoms with Gasteiger partial charge in [0.2, 0.25) is 5.43 Å². The number of aromatic nitrogens is 1. The molecule has 0 amide bonds. The highest BCUT2D eigenvalue weighted by atomic mass is 32.2. The van der Waals surface area contributed by atoms with Gasteiger partial charge >= 0.3 is 0 Å². The molecule has 2 aromatic rings. The van der Waals surface area contributed by atoms with Crippen LogP contribution in [0.3, 0.4) is 0 Å². The van der Waals surface area contributed by atoms with Gasteiger partial charge in [0.25, 0.3) is 10.0 Å². The molecule has 0 bridgehead atoms. The van der Waals surface area contributed by atoms with Gasteiger partial charge in [0.05, 0.1) is 0 Å². The topological polar surface area (TPSA) is 96.1 Å². The molecule has 2 rings (SSSR count). The first-order chi connectivity index (χ1) is 9.40. The molecular formula is C13H12N2O4S. The molecule has 0 saturated heterocycles. The molecule has 0 spiro atoms. The number of benzene rings is 1. The standard InChI is InChI=1S/C13H12N2O4S/c1-9(16)10-2-4-11(5-3-10)15-20(18,19)13-8-14-7-6-12(13)17/h2-8,15H,1H3,(H,14,17). The van der Waals surface area contributed by atoms with E-state index in [2.05, 4.69) is 9.71 Å². The van der Waals surface area contributed by atoms with Crippen LogP contribution in [-0.2, 0) is 10.0 Å². The number of sulfonamides is 1. The lowest BCUT2D eigenvalue weighted by Gasteiger charge is -2.07. The van der Waals surface area contributed by atoms with Crippen LogP contribution in [0.25, 0.3) is 0 Å². The first kappa shape index (κ1) is 14.0. The molecule has 0 aliphatic heterocycles. The summed E-state index contributed by atoms with van der Waals surface area (Å²) >= 11 is 0. The number of pyridine rings is 1. The van der Waals surface area contributed by atoms with Crippen LogP contribution in [0.1, 0.15) is 17.3 Å². The maximum atomic E-state index is 12.0. The second-order valence-corrected chi connectivity index (χ2v) is 5.76. The summed E-state index contributed by atoms with van der Waals surface area (Å²) in [5.74, 6) is -0.112. The van der Waals surface area contributed by atoms with Crippen molar-refractivity contribution in [2.45, 2.75) is 11.8 Å². The van der Waals surface area contributed by atoms with Gasteiger partial charge in [0, 0.05) is 29.7 Å². The molecule has 0 unspecified atom stereocenters. The van der Waals surface area contributed by atoms with E-state index in [0.29, 0.717) is 5.56 Å². The number of nitrogens with one attached hydrogen (secondary N) is 2. The average molecular weight is 292 g/mol. The third kappa shape index (κ3) is 2.94. The molecule has 1 aromatic heterocycles. The predicted molar refractivity (Wildman–Crippen MR) is 74.3 cm³/mol. The number of carbonyl (C=O) groups is 1. The number of H-pyrrole nitrogens is 1. The molecule has 0 radical (unpaired) electrons. The summed E-state index contributed by atoms with van der Waals surface area (Å²) < 4.78 is 26.4. The van der Waals surface area contributed by atoms with Crippen molar-refractivity contribution in [2.75, 3.05) is 4.72 Å². The fourth-order valence-corrected chi connectivity index (χ4v) is 2.71. The molecule has 20 heavy (non-hydrogen) atoms. The fourth-order valence-electron chi connectivity index (χ4n) is 1.59. The molecule has 0 aliphatic rings. The van der Waals surface area contributed by atoms with Crippen molar-refractivity contribution in [1.82, 2.24) is 4.98 Å². The first-order valence-electron chi connectivity index (χ1n) is 5.71. The summed E-state index contributed by atoms with van der Waals surface area (Å²) in [4.78, 5) is 24.8. The van der Waals surface area contributed by atoms with Crippen LogP contribution < -0.4 is 10.2 Å². The van der Waals surface area contributed by atoms with Crippen molar-refractivity contribution >= 4 is 21.5 Å². The number of Topliss-reactive ketones (excluding diaryl/α,β-unsaturated/α-hetero) is 1. The van der Waals surface area contributed by atoms with Crippen molar-refractivity contribution < 1.29 is 13.2 Å². The SMILES string of the molecule is CC(=O)c1ccc(NS(=O)(=O)c2c[nH]ccc2=O)cc1. The minimum absolute atomic E-state index is 0.112. The van der Waals surface area contributed by atoms with E-state index in [9.17, 15) is 18.0 Å². The molecule has 0 saturated carbocycles. The van der Waals surface area contributed by atoms with Gasteiger partial charge in [0.15, 0.2) is 10.7 Å². The van der Waals surface area contributed by atoms with Crippen molar-refractivity contribution in [2.24, 2.45) is 0 Å². The minimum atomic E-state index is -3.96. The molecule has 0 aliphatic carbocycles. The zero-order valence-electron chi connectivity index (χ0n) is 10.6. The fraction of sp³-hybridized carbons (Fsp3) is 0.0769. The lowest BCUT2D eigenvalue weighted by Crippen LogP contribution is -2.20. The Labute approximate surface area is 115 Å². The zero-order chi connectivity index (χ0) is 14.8. The second kappa shape index (κ2) is 5.30. The Morgan fingerprint density at radius 3 is 2.35 bits per heavy atom. The largest absolute Gasteiger partial charge is 0.366 e. The number of aromatic amines is 1. The molecule has 7 heteroatoms. The molecule has 1 heterocycles. The number of anilines is 1. The van der Waals surface area contributed by atoms with E-state index in [-0.39, 0.29) is 16.4 Å². The number of hydrogen-bond acceptors (Lipinski definition) is 4. The van der Waals surface area contributed by atoms with Crippen LogP contribution in [0, 0.1) is 0 Å². The van der Waals surface area contributed by atoms with Gasteiger partial charge in [-0.05, 0) is 31.2 Å².